The van der Waals surface area contributed by atoms with Crippen LogP contribution in [0, 0.1) is 0 Å². The number of para-hydroxylation sites is 1. The van der Waals surface area contributed by atoms with Gasteiger partial charge in [-0.25, -0.2) is 0 Å². The summed E-state index contributed by atoms with van der Waals surface area (Å²) in [6.45, 7) is 22.8. The van der Waals surface area contributed by atoms with Gasteiger partial charge in [0.25, 0.3) is 0 Å². The summed E-state index contributed by atoms with van der Waals surface area (Å²) in [6.07, 6.45) is 2.92. The van der Waals surface area contributed by atoms with E-state index >= 15 is 0 Å². The Morgan fingerprint density at radius 3 is 1.79 bits per heavy atom. The minimum Gasteiger partial charge on any atom is -0.507 e. The Labute approximate surface area is 400 Å². The minimum absolute atomic E-state index is 0.0288. The zero-order valence-electron chi connectivity index (χ0n) is 41.2. The second kappa shape index (κ2) is 19.1. The van der Waals surface area contributed by atoms with Gasteiger partial charge in [-0.15, -0.1) is 0 Å². The highest BCUT2D eigenvalue weighted by Gasteiger charge is 2.26. The third kappa shape index (κ3) is 9.96. The normalized spacial score (nSPS) is 11.9. The molecule has 0 bridgehead atoms. The number of rotatable bonds is 13. The van der Waals surface area contributed by atoms with Gasteiger partial charge in [-0.1, -0.05) is 191 Å². The molecule has 8 rings (SSSR count). The summed E-state index contributed by atoms with van der Waals surface area (Å²) in [5.74, 6) is 0.775. The Morgan fingerprint density at radius 2 is 1.16 bits per heavy atom. The van der Waals surface area contributed by atoms with Crippen LogP contribution in [0.2, 0.25) is 0 Å². The maximum absolute atomic E-state index is 12.1. The van der Waals surface area contributed by atoms with E-state index in [1.54, 1.807) is 0 Å². The lowest BCUT2D eigenvalue weighted by Crippen LogP contribution is -2.21. The van der Waals surface area contributed by atoms with Gasteiger partial charge < -0.3 is 15.7 Å². The quantitative estimate of drug-likeness (QED) is 0.113. The molecule has 0 saturated carbocycles. The smallest absolute Gasteiger partial charge is 0.124 e. The van der Waals surface area contributed by atoms with Crippen LogP contribution in [0.4, 0.5) is 17.1 Å². The summed E-state index contributed by atoms with van der Waals surface area (Å²) >= 11 is 0. The number of pyridine rings is 1. The second-order valence-electron chi connectivity index (χ2n) is 20.5. The average Bonchev–Trinajstić information content (AvgIpc) is 3.33. The highest BCUT2D eigenvalue weighted by Crippen LogP contribution is 2.46. The number of nitrogens with two attached hydrogens (primary N) is 1. The molecule has 0 fully saturated rings. The van der Waals surface area contributed by atoms with E-state index in [2.05, 4.69) is 232 Å². The summed E-state index contributed by atoms with van der Waals surface area (Å²) in [7, 11) is 0. The molecular formula is C63H67N3O. The maximum atomic E-state index is 12.1. The largest absolute Gasteiger partial charge is 0.507 e. The van der Waals surface area contributed by atoms with Gasteiger partial charge >= 0.3 is 0 Å². The number of anilines is 3. The molecule has 0 aliphatic rings. The molecule has 0 atom stereocenters. The summed E-state index contributed by atoms with van der Waals surface area (Å²) < 4.78 is 0. The number of nitrogen functional groups attached to an aromatic ring is 1. The lowest BCUT2D eigenvalue weighted by Gasteiger charge is -2.32. The Kier molecular flexibility index (Phi) is 13.3. The summed E-state index contributed by atoms with van der Waals surface area (Å²) in [5, 5.41) is 12.1. The summed E-state index contributed by atoms with van der Waals surface area (Å²) in [4.78, 5) is 7.29. The molecule has 340 valence electrons. The fraction of sp³-hybridized carbons (Fsp3) is 0.254. The van der Waals surface area contributed by atoms with Crippen molar-refractivity contribution >= 4 is 17.1 Å². The highest BCUT2D eigenvalue weighted by molar-refractivity contribution is 5.93. The molecule has 8 aromatic rings. The first-order valence-electron chi connectivity index (χ1n) is 24.0. The van der Waals surface area contributed by atoms with Gasteiger partial charge in [0.2, 0.25) is 0 Å². The van der Waals surface area contributed by atoms with E-state index in [1.165, 1.54) is 27.8 Å². The third-order valence-corrected chi connectivity index (χ3v) is 13.8. The Bertz CT molecular complexity index is 2990. The minimum atomic E-state index is -0.153. The van der Waals surface area contributed by atoms with Crippen LogP contribution in [0.25, 0.3) is 55.8 Å². The molecule has 1 aromatic heterocycles. The van der Waals surface area contributed by atoms with Gasteiger partial charge in [0.15, 0.2) is 0 Å². The van der Waals surface area contributed by atoms with Crippen LogP contribution in [-0.2, 0) is 17.4 Å². The SMILES string of the molecule is CCC(C)(C)c1ccc(N(Cc2cc(C(C)C)cc(C(C)C)c2O)c2cccc(-c3cc(-c4cc(-c5ccc(-c6ccccc6)cc5)ccn4)cc(C(C)(C)C)c3)c2N)c(-c2ccccc2)c1. The Hall–Kier alpha value is -6.91. The van der Waals surface area contributed by atoms with Crippen LogP contribution < -0.4 is 10.6 Å². The fourth-order valence-corrected chi connectivity index (χ4v) is 9.01. The predicted octanol–water partition coefficient (Wildman–Crippen LogP) is 17.3. The van der Waals surface area contributed by atoms with Crippen molar-refractivity contribution in [2.24, 2.45) is 0 Å². The molecule has 0 aliphatic carbocycles. The van der Waals surface area contributed by atoms with Gasteiger partial charge in [-0.05, 0) is 127 Å². The van der Waals surface area contributed by atoms with Crippen LogP contribution in [0.5, 0.6) is 5.75 Å². The average molecular weight is 882 g/mol. The van der Waals surface area contributed by atoms with E-state index in [4.69, 9.17) is 10.7 Å². The molecular weight excluding hydrogens is 815 g/mol. The highest BCUT2D eigenvalue weighted by atomic mass is 16.3. The zero-order chi connectivity index (χ0) is 47.6. The number of hydrogen-bond acceptors (Lipinski definition) is 4. The van der Waals surface area contributed by atoms with E-state index in [9.17, 15) is 5.11 Å². The van der Waals surface area contributed by atoms with Crippen LogP contribution in [0.15, 0.2) is 170 Å². The van der Waals surface area contributed by atoms with Gasteiger partial charge in [0.1, 0.15) is 5.75 Å². The van der Waals surface area contributed by atoms with E-state index in [1.807, 2.05) is 12.3 Å². The lowest BCUT2D eigenvalue weighted by atomic mass is 9.80. The van der Waals surface area contributed by atoms with Crippen molar-refractivity contribution < 1.29 is 5.11 Å². The molecule has 0 amide bonds. The first kappa shape index (κ1) is 46.6. The molecule has 4 nitrogen and oxygen atoms in total. The van der Waals surface area contributed by atoms with Crippen molar-refractivity contribution in [2.75, 3.05) is 10.6 Å². The zero-order valence-corrected chi connectivity index (χ0v) is 41.2. The summed E-state index contributed by atoms with van der Waals surface area (Å²) in [5.41, 5.74) is 26.2. The number of phenolic OH excluding ortho intramolecular Hbond substituents is 1. The van der Waals surface area contributed by atoms with Gasteiger partial charge in [0.05, 0.1) is 23.6 Å². The van der Waals surface area contributed by atoms with Crippen molar-refractivity contribution in [3.63, 3.8) is 0 Å². The number of benzene rings is 7. The van der Waals surface area contributed by atoms with Gasteiger partial charge in [-0.3, -0.25) is 4.98 Å². The van der Waals surface area contributed by atoms with Crippen molar-refractivity contribution in [2.45, 2.75) is 105 Å². The Balaban J connectivity index is 1.30. The van der Waals surface area contributed by atoms with Crippen molar-refractivity contribution in [3.8, 4) is 61.5 Å². The third-order valence-electron chi connectivity index (χ3n) is 13.8. The summed E-state index contributed by atoms with van der Waals surface area (Å²) in [6, 6.07) is 58.7. The maximum Gasteiger partial charge on any atom is 0.124 e. The van der Waals surface area contributed by atoms with Crippen molar-refractivity contribution in [1.82, 2.24) is 4.98 Å². The molecule has 4 heteroatoms. The molecule has 0 radical (unpaired) electrons. The van der Waals surface area contributed by atoms with E-state index < -0.39 is 0 Å². The monoisotopic (exact) mass is 882 g/mol. The molecule has 0 aliphatic heterocycles. The lowest BCUT2D eigenvalue weighted by molar-refractivity contribution is 0.457. The molecule has 0 saturated heterocycles. The van der Waals surface area contributed by atoms with Crippen molar-refractivity contribution in [1.29, 1.82) is 0 Å². The molecule has 0 spiro atoms. The molecule has 7 aromatic carbocycles. The topological polar surface area (TPSA) is 62.4 Å². The first-order chi connectivity index (χ1) is 32.0. The second-order valence-corrected chi connectivity index (χ2v) is 20.5. The first-order valence-corrected chi connectivity index (χ1v) is 24.0. The van der Waals surface area contributed by atoms with Crippen LogP contribution in [0.3, 0.4) is 0 Å². The van der Waals surface area contributed by atoms with Crippen LogP contribution >= 0.6 is 0 Å². The van der Waals surface area contributed by atoms with Gasteiger partial charge in [0, 0.05) is 34.1 Å². The molecule has 67 heavy (non-hydrogen) atoms. The predicted molar refractivity (Wildman–Crippen MR) is 286 cm³/mol. The van der Waals surface area contributed by atoms with E-state index in [0.29, 0.717) is 18.0 Å². The molecule has 3 N–H and O–H groups in total. The standard InChI is InChI=1S/C63H67N3O/c1-11-63(9,10)52-29-30-58(56(39-52)46-21-16-13-17-22-46)66(40-51-33-48(41(2)3)37-55(42(4)5)61(51)67)59-24-18-23-54(60(59)64)49-34-50(36-53(35-49)62(6,7)8)57-38-47(31-32-65-57)45-27-25-44(26-28-45)43-19-14-12-15-20-43/h12-39,41-42,67H,11,40,64H2,1-10H3. The van der Waals surface area contributed by atoms with Crippen molar-refractivity contribution in [3.05, 3.63) is 198 Å². The van der Waals surface area contributed by atoms with Crippen LogP contribution in [-0.4, -0.2) is 10.1 Å². The van der Waals surface area contributed by atoms with E-state index in [-0.39, 0.29) is 22.7 Å². The molecule has 1 heterocycles. The number of phenols is 1. The van der Waals surface area contributed by atoms with Crippen LogP contribution in [0.1, 0.15) is 115 Å². The Morgan fingerprint density at radius 1 is 0.537 bits per heavy atom. The molecule has 0 unspecified atom stereocenters. The number of aromatic nitrogens is 1. The number of aromatic hydroxyl groups is 1. The van der Waals surface area contributed by atoms with E-state index in [0.717, 1.165) is 73.6 Å². The fourth-order valence-electron chi connectivity index (χ4n) is 9.01. The number of hydrogen-bond donors (Lipinski definition) is 2. The number of nitrogens with zero attached hydrogens (tertiary/aromatic N) is 2. The van der Waals surface area contributed by atoms with Gasteiger partial charge in [-0.2, -0.15) is 0 Å².